The molecule has 0 rings (SSSR count). The summed E-state index contributed by atoms with van der Waals surface area (Å²) >= 11 is 0. The predicted octanol–water partition coefficient (Wildman–Crippen LogP) is 0.362. The Morgan fingerprint density at radius 3 is 2.62 bits per heavy atom. The molecule has 76 valence electrons. The van der Waals surface area contributed by atoms with E-state index in [9.17, 15) is 4.79 Å². The van der Waals surface area contributed by atoms with Crippen molar-refractivity contribution in [1.29, 1.82) is 5.41 Å². The van der Waals surface area contributed by atoms with Crippen LogP contribution in [0, 0.1) is 5.41 Å². The van der Waals surface area contributed by atoms with E-state index in [1.165, 1.54) is 0 Å². The number of amidine groups is 1. The highest BCUT2D eigenvalue weighted by atomic mass is 16.2. The number of hydrogen-bond donors (Lipinski definition) is 3. The highest BCUT2D eigenvalue weighted by Crippen LogP contribution is 1.91. The molecule has 0 bridgehead atoms. The Kier molecular flexibility index (Phi) is 4.87. The summed E-state index contributed by atoms with van der Waals surface area (Å²) < 4.78 is 0. The van der Waals surface area contributed by atoms with Gasteiger partial charge in [-0.05, 0) is 13.8 Å². The van der Waals surface area contributed by atoms with Crippen LogP contribution < -0.4 is 11.1 Å². The normalized spacial score (nSPS) is 11.9. The van der Waals surface area contributed by atoms with Crippen molar-refractivity contribution in [3.8, 4) is 0 Å². The van der Waals surface area contributed by atoms with Gasteiger partial charge in [-0.1, -0.05) is 0 Å². The van der Waals surface area contributed by atoms with Crippen molar-refractivity contribution >= 4 is 11.9 Å². The van der Waals surface area contributed by atoms with Crippen molar-refractivity contribution in [2.45, 2.75) is 26.3 Å². The summed E-state index contributed by atoms with van der Waals surface area (Å²) in [7, 11) is 1.72. The summed E-state index contributed by atoms with van der Waals surface area (Å²) in [5.41, 5.74) is 5.20. The first-order valence-corrected chi connectivity index (χ1v) is 4.31. The van der Waals surface area contributed by atoms with Crippen LogP contribution in [0.25, 0.3) is 0 Å². The van der Waals surface area contributed by atoms with E-state index in [-0.39, 0.29) is 17.9 Å². The molecule has 1 atom stereocenters. The number of nitrogens with zero attached hydrogens (tertiary/aromatic N) is 1. The highest BCUT2D eigenvalue weighted by Gasteiger charge is 2.10. The summed E-state index contributed by atoms with van der Waals surface area (Å²) in [4.78, 5) is 12.8. The first kappa shape index (κ1) is 11.7. The SMILES string of the molecule is CCN(C)C(=O)NC(C)CC(=N)N. The molecule has 0 radical (unpaired) electrons. The Hall–Kier alpha value is -1.26. The van der Waals surface area contributed by atoms with E-state index in [4.69, 9.17) is 11.1 Å². The minimum atomic E-state index is -0.128. The Labute approximate surface area is 78.8 Å². The molecular weight excluding hydrogens is 168 g/mol. The number of nitrogens with two attached hydrogens (primary N) is 1. The van der Waals surface area contributed by atoms with E-state index in [0.717, 1.165) is 0 Å². The van der Waals surface area contributed by atoms with Crippen LogP contribution in [-0.4, -0.2) is 36.4 Å². The van der Waals surface area contributed by atoms with Gasteiger partial charge in [-0.15, -0.1) is 0 Å². The Bertz CT molecular complexity index is 193. The summed E-state index contributed by atoms with van der Waals surface area (Å²) in [5.74, 6) is 0.0898. The molecule has 0 fully saturated rings. The highest BCUT2D eigenvalue weighted by molar-refractivity contribution is 5.79. The van der Waals surface area contributed by atoms with E-state index in [2.05, 4.69) is 5.32 Å². The van der Waals surface area contributed by atoms with E-state index >= 15 is 0 Å². The Balaban J connectivity index is 3.84. The van der Waals surface area contributed by atoms with Crippen molar-refractivity contribution in [3.63, 3.8) is 0 Å². The third-order valence-electron chi connectivity index (χ3n) is 1.72. The van der Waals surface area contributed by atoms with E-state index in [1.807, 2.05) is 13.8 Å². The second-order valence-corrected chi connectivity index (χ2v) is 3.09. The van der Waals surface area contributed by atoms with Gasteiger partial charge in [0.25, 0.3) is 0 Å². The average molecular weight is 186 g/mol. The quantitative estimate of drug-likeness (QED) is 0.437. The van der Waals surface area contributed by atoms with Crippen LogP contribution in [-0.2, 0) is 0 Å². The van der Waals surface area contributed by atoms with Crippen molar-refractivity contribution in [2.75, 3.05) is 13.6 Å². The molecular formula is C8H18N4O. The van der Waals surface area contributed by atoms with Gasteiger partial charge < -0.3 is 16.0 Å². The molecule has 2 amide bonds. The lowest BCUT2D eigenvalue weighted by molar-refractivity contribution is 0.208. The third-order valence-corrected chi connectivity index (χ3v) is 1.72. The number of amides is 2. The van der Waals surface area contributed by atoms with Crippen LogP contribution in [0.4, 0.5) is 4.79 Å². The number of rotatable bonds is 4. The van der Waals surface area contributed by atoms with Gasteiger partial charge in [0.15, 0.2) is 0 Å². The fourth-order valence-corrected chi connectivity index (χ4v) is 0.845. The molecule has 0 aromatic rings. The number of urea groups is 1. The molecule has 0 aliphatic rings. The van der Waals surface area contributed by atoms with Crippen LogP contribution in [0.3, 0.4) is 0 Å². The fourth-order valence-electron chi connectivity index (χ4n) is 0.845. The van der Waals surface area contributed by atoms with E-state index in [1.54, 1.807) is 11.9 Å². The molecule has 0 aliphatic carbocycles. The molecule has 0 aromatic heterocycles. The van der Waals surface area contributed by atoms with Gasteiger partial charge in [0.1, 0.15) is 0 Å². The zero-order valence-electron chi connectivity index (χ0n) is 8.42. The molecule has 1 unspecified atom stereocenters. The van der Waals surface area contributed by atoms with Gasteiger partial charge >= 0.3 is 6.03 Å². The molecule has 13 heavy (non-hydrogen) atoms. The second-order valence-electron chi connectivity index (χ2n) is 3.09. The van der Waals surface area contributed by atoms with Crippen molar-refractivity contribution in [2.24, 2.45) is 5.73 Å². The average Bonchev–Trinajstić information content (AvgIpc) is 2.01. The largest absolute Gasteiger partial charge is 0.388 e. The van der Waals surface area contributed by atoms with E-state index < -0.39 is 0 Å². The Morgan fingerprint density at radius 1 is 1.69 bits per heavy atom. The molecule has 0 saturated carbocycles. The zero-order chi connectivity index (χ0) is 10.4. The molecule has 0 aromatic carbocycles. The van der Waals surface area contributed by atoms with E-state index in [0.29, 0.717) is 13.0 Å². The summed E-state index contributed by atoms with van der Waals surface area (Å²) in [6.45, 7) is 4.39. The second kappa shape index (κ2) is 5.40. The first-order valence-electron chi connectivity index (χ1n) is 4.31. The van der Waals surface area contributed by atoms with Crippen LogP contribution >= 0.6 is 0 Å². The van der Waals surface area contributed by atoms with Crippen LogP contribution in [0.1, 0.15) is 20.3 Å². The van der Waals surface area contributed by atoms with Crippen LogP contribution in [0.5, 0.6) is 0 Å². The molecule has 5 nitrogen and oxygen atoms in total. The lowest BCUT2D eigenvalue weighted by Gasteiger charge is -2.19. The smallest absolute Gasteiger partial charge is 0.317 e. The molecule has 0 saturated heterocycles. The number of carbonyl (C=O) groups is 1. The van der Waals surface area contributed by atoms with Crippen molar-refractivity contribution < 1.29 is 4.79 Å². The van der Waals surface area contributed by atoms with Gasteiger partial charge in [-0.2, -0.15) is 0 Å². The maximum absolute atomic E-state index is 11.3. The monoisotopic (exact) mass is 186 g/mol. The maximum Gasteiger partial charge on any atom is 0.317 e. The molecule has 4 N–H and O–H groups in total. The van der Waals surface area contributed by atoms with Gasteiger partial charge in [-0.25, -0.2) is 4.79 Å². The number of carbonyl (C=O) groups excluding carboxylic acids is 1. The fraction of sp³-hybridized carbons (Fsp3) is 0.750. The maximum atomic E-state index is 11.3. The van der Waals surface area contributed by atoms with Gasteiger partial charge in [0.2, 0.25) is 0 Å². The van der Waals surface area contributed by atoms with Gasteiger partial charge in [0.05, 0.1) is 5.84 Å². The molecule has 0 spiro atoms. The molecule has 5 heteroatoms. The summed E-state index contributed by atoms with van der Waals surface area (Å²) in [5, 5.41) is 9.76. The minimum Gasteiger partial charge on any atom is -0.388 e. The van der Waals surface area contributed by atoms with Crippen LogP contribution in [0.15, 0.2) is 0 Å². The summed E-state index contributed by atoms with van der Waals surface area (Å²) in [6, 6.07) is -0.213. The molecule has 0 heterocycles. The standard InChI is InChI=1S/C8H18N4O/c1-4-12(3)8(13)11-6(2)5-7(9)10/h6H,4-5H2,1-3H3,(H3,9,10)(H,11,13). The number of hydrogen-bond acceptors (Lipinski definition) is 2. The minimum absolute atomic E-state index is 0.0843. The number of nitrogens with one attached hydrogen (secondary N) is 2. The summed E-state index contributed by atoms with van der Waals surface area (Å²) in [6.07, 6.45) is 0.392. The van der Waals surface area contributed by atoms with Crippen LogP contribution in [0.2, 0.25) is 0 Å². The predicted molar refractivity (Wildman–Crippen MR) is 52.8 cm³/mol. The third kappa shape index (κ3) is 5.05. The first-order chi connectivity index (χ1) is 5.97. The van der Waals surface area contributed by atoms with Crippen molar-refractivity contribution in [3.05, 3.63) is 0 Å². The Morgan fingerprint density at radius 2 is 2.23 bits per heavy atom. The van der Waals surface area contributed by atoms with Gasteiger partial charge in [-0.3, -0.25) is 5.41 Å². The van der Waals surface area contributed by atoms with Gasteiger partial charge in [0, 0.05) is 26.1 Å². The topological polar surface area (TPSA) is 82.2 Å². The van der Waals surface area contributed by atoms with Crippen molar-refractivity contribution in [1.82, 2.24) is 10.2 Å². The lowest BCUT2D eigenvalue weighted by atomic mass is 10.2. The molecule has 0 aliphatic heterocycles. The lowest BCUT2D eigenvalue weighted by Crippen LogP contribution is -2.43. The zero-order valence-corrected chi connectivity index (χ0v) is 8.42.